The minimum atomic E-state index is -1.02. The Hall–Kier alpha value is -1.89. The first-order valence-electron chi connectivity index (χ1n) is 4.62. The molecule has 0 radical (unpaired) electrons. The van der Waals surface area contributed by atoms with E-state index in [9.17, 15) is 4.79 Å². The smallest absolute Gasteiger partial charge is 0.340 e. The molecule has 17 heavy (non-hydrogen) atoms. The fraction of sp³-hybridized carbons (Fsp3) is 0.100. The molecule has 0 spiro atoms. The fourth-order valence-corrected chi connectivity index (χ4v) is 1.69. The second-order valence-electron chi connectivity index (χ2n) is 3.28. The highest BCUT2D eigenvalue weighted by Crippen LogP contribution is 2.24. The summed E-state index contributed by atoms with van der Waals surface area (Å²) in [6.45, 7) is 0. The Labute approximate surface area is 105 Å². The van der Waals surface area contributed by atoms with Gasteiger partial charge >= 0.3 is 12.0 Å². The summed E-state index contributed by atoms with van der Waals surface area (Å²) in [6.07, 6.45) is 1.49. The number of aromatic carboxylic acids is 1. The first-order chi connectivity index (χ1) is 8.04. The van der Waals surface area contributed by atoms with Gasteiger partial charge in [0.15, 0.2) is 0 Å². The Morgan fingerprint density at radius 3 is 2.82 bits per heavy atom. The molecule has 7 heteroatoms. The molecule has 0 atom stereocenters. The molecule has 0 aliphatic rings. The highest BCUT2D eigenvalue weighted by atomic mass is 79.9. The number of benzene rings is 1. The van der Waals surface area contributed by atoms with E-state index >= 15 is 0 Å². The highest BCUT2D eigenvalue weighted by molar-refractivity contribution is 9.10. The lowest BCUT2D eigenvalue weighted by Crippen LogP contribution is -1.97. The molecule has 0 bridgehead atoms. The number of aryl methyl sites for hydroxylation is 1. The molecule has 0 unspecified atom stereocenters. The Bertz CT molecular complexity index is 568. The van der Waals surface area contributed by atoms with E-state index in [1.165, 1.54) is 23.1 Å². The molecular weight excluding hydrogens is 290 g/mol. The van der Waals surface area contributed by atoms with Gasteiger partial charge in [0.1, 0.15) is 12.1 Å². The van der Waals surface area contributed by atoms with Crippen molar-refractivity contribution in [3.05, 3.63) is 34.6 Å². The van der Waals surface area contributed by atoms with E-state index in [4.69, 9.17) is 9.84 Å². The number of carboxylic acids is 1. The van der Waals surface area contributed by atoms with E-state index in [1.807, 2.05) is 0 Å². The number of carboxylic acid groups (broad SMARTS) is 1. The van der Waals surface area contributed by atoms with Crippen LogP contribution in [-0.4, -0.2) is 25.8 Å². The summed E-state index contributed by atoms with van der Waals surface area (Å²) >= 11 is 3.21. The molecule has 2 rings (SSSR count). The van der Waals surface area contributed by atoms with E-state index in [-0.39, 0.29) is 11.6 Å². The maximum Gasteiger partial charge on any atom is 0.340 e. The van der Waals surface area contributed by atoms with Crippen LogP contribution in [0.25, 0.3) is 0 Å². The second-order valence-corrected chi connectivity index (χ2v) is 4.20. The van der Waals surface area contributed by atoms with Crippen LogP contribution in [0, 0.1) is 0 Å². The number of ether oxygens (including phenoxy) is 1. The molecule has 0 aliphatic carbocycles. The second kappa shape index (κ2) is 4.54. The molecule has 6 nitrogen and oxygen atoms in total. The third-order valence-corrected chi connectivity index (χ3v) is 2.36. The lowest BCUT2D eigenvalue weighted by molar-refractivity contribution is 0.0696. The summed E-state index contributed by atoms with van der Waals surface area (Å²) in [5.41, 5.74) is 0.130. The monoisotopic (exact) mass is 297 g/mol. The molecule has 1 N–H and O–H groups in total. The molecule has 1 aromatic heterocycles. The molecule has 88 valence electrons. The standard InChI is InChI=1S/C10H8BrN3O3/c1-14-5-12-10(13-14)17-8-3-6(9(15)16)2-7(11)4-8/h2-5H,1H3,(H,15,16). The average molecular weight is 298 g/mol. The van der Waals surface area contributed by atoms with Crippen LogP contribution in [0.4, 0.5) is 0 Å². The van der Waals surface area contributed by atoms with Gasteiger partial charge in [-0.05, 0) is 18.2 Å². The predicted molar refractivity (Wildman–Crippen MR) is 62.2 cm³/mol. The molecule has 0 saturated heterocycles. The van der Waals surface area contributed by atoms with Crippen LogP contribution in [0.3, 0.4) is 0 Å². The summed E-state index contributed by atoms with van der Waals surface area (Å²) in [4.78, 5) is 14.7. The zero-order chi connectivity index (χ0) is 12.4. The van der Waals surface area contributed by atoms with Gasteiger partial charge in [-0.2, -0.15) is 4.98 Å². The number of hydrogen-bond donors (Lipinski definition) is 1. The van der Waals surface area contributed by atoms with Crippen molar-refractivity contribution >= 4 is 21.9 Å². The normalized spacial score (nSPS) is 10.2. The molecule has 0 amide bonds. The number of halogens is 1. The third kappa shape index (κ3) is 2.82. The number of rotatable bonds is 3. The van der Waals surface area contributed by atoms with Gasteiger partial charge in [0.2, 0.25) is 0 Å². The summed E-state index contributed by atoms with van der Waals surface area (Å²) in [7, 11) is 1.71. The third-order valence-electron chi connectivity index (χ3n) is 1.91. The maximum atomic E-state index is 10.9. The van der Waals surface area contributed by atoms with Gasteiger partial charge < -0.3 is 9.84 Å². The predicted octanol–water partition coefficient (Wildman–Crippen LogP) is 2.07. The van der Waals surface area contributed by atoms with Crippen molar-refractivity contribution in [1.82, 2.24) is 14.8 Å². The van der Waals surface area contributed by atoms with Gasteiger partial charge in [0.05, 0.1) is 5.56 Å². The Balaban J connectivity index is 2.29. The Kier molecular flexibility index (Phi) is 3.10. The van der Waals surface area contributed by atoms with Crippen molar-refractivity contribution in [2.75, 3.05) is 0 Å². The van der Waals surface area contributed by atoms with E-state index in [0.717, 1.165) is 0 Å². The minimum absolute atomic E-state index is 0.130. The minimum Gasteiger partial charge on any atom is -0.478 e. The first kappa shape index (κ1) is 11.6. The summed E-state index contributed by atoms with van der Waals surface area (Å²) < 4.78 is 7.44. The first-order valence-corrected chi connectivity index (χ1v) is 5.41. The van der Waals surface area contributed by atoms with E-state index in [2.05, 4.69) is 26.0 Å². The molecular formula is C10H8BrN3O3. The Morgan fingerprint density at radius 1 is 1.47 bits per heavy atom. The summed E-state index contributed by atoms with van der Waals surface area (Å²) in [5, 5.41) is 12.8. The molecule has 1 heterocycles. The number of hydrogen-bond acceptors (Lipinski definition) is 4. The van der Waals surface area contributed by atoms with Crippen molar-refractivity contribution in [2.45, 2.75) is 0 Å². The highest BCUT2D eigenvalue weighted by Gasteiger charge is 2.09. The number of aromatic nitrogens is 3. The van der Waals surface area contributed by atoms with Crippen molar-refractivity contribution in [3.8, 4) is 11.8 Å². The van der Waals surface area contributed by atoms with E-state index < -0.39 is 5.97 Å². The van der Waals surface area contributed by atoms with Crippen LogP contribution in [0.15, 0.2) is 29.0 Å². The topological polar surface area (TPSA) is 77.2 Å². The Morgan fingerprint density at radius 2 is 2.24 bits per heavy atom. The van der Waals surface area contributed by atoms with Crippen molar-refractivity contribution in [2.24, 2.45) is 7.05 Å². The number of carbonyl (C=O) groups is 1. The van der Waals surface area contributed by atoms with Gasteiger partial charge in [-0.15, -0.1) is 5.10 Å². The van der Waals surface area contributed by atoms with E-state index in [0.29, 0.717) is 10.2 Å². The van der Waals surface area contributed by atoms with Crippen molar-refractivity contribution < 1.29 is 14.6 Å². The van der Waals surface area contributed by atoms with Gasteiger partial charge in [-0.25, -0.2) is 4.79 Å². The van der Waals surface area contributed by atoms with Crippen LogP contribution < -0.4 is 4.74 Å². The molecule has 0 saturated carbocycles. The van der Waals surface area contributed by atoms with Crippen molar-refractivity contribution in [1.29, 1.82) is 0 Å². The summed E-state index contributed by atoms with van der Waals surface area (Å²) in [5.74, 6) is -0.659. The van der Waals surface area contributed by atoms with Crippen LogP contribution in [0.1, 0.15) is 10.4 Å². The van der Waals surface area contributed by atoms with Crippen molar-refractivity contribution in [3.63, 3.8) is 0 Å². The SMILES string of the molecule is Cn1cnc(Oc2cc(Br)cc(C(=O)O)c2)n1. The van der Waals surface area contributed by atoms with E-state index in [1.54, 1.807) is 13.1 Å². The molecule has 0 fully saturated rings. The van der Waals surface area contributed by atoms with Gasteiger partial charge in [0.25, 0.3) is 0 Å². The van der Waals surface area contributed by atoms with Crippen LogP contribution >= 0.6 is 15.9 Å². The average Bonchev–Trinajstić information content (AvgIpc) is 2.63. The lowest BCUT2D eigenvalue weighted by atomic mass is 10.2. The summed E-state index contributed by atoms with van der Waals surface area (Å²) in [6, 6.07) is 4.70. The zero-order valence-electron chi connectivity index (χ0n) is 8.79. The van der Waals surface area contributed by atoms with Crippen LogP contribution in [-0.2, 0) is 7.05 Å². The molecule has 2 aromatic rings. The lowest BCUT2D eigenvalue weighted by Gasteiger charge is -2.03. The van der Waals surface area contributed by atoms with Gasteiger partial charge in [-0.3, -0.25) is 4.68 Å². The van der Waals surface area contributed by atoms with Gasteiger partial charge in [0, 0.05) is 11.5 Å². The quantitative estimate of drug-likeness (QED) is 0.938. The van der Waals surface area contributed by atoms with Gasteiger partial charge in [-0.1, -0.05) is 15.9 Å². The van der Waals surface area contributed by atoms with Crippen LogP contribution in [0.5, 0.6) is 11.8 Å². The fourth-order valence-electron chi connectivity index (χ4n) is 1.22. The largest absolute Gasteiger partial charge is 0.478 e. The molecule has 1 aromatic carbocycles. The number of nitrogens with zero attached hydrogens (tertiary/aromatic N) is 3. The zero-order valence-corrected chi connectivity index (χ0v) is 10.4. The maximum absolute atomic E-state index is 10.9. The van der Waals surface area contributed by atoms with Crippen LogP contribution in [0.2, 0.25) is 0 Å². The molecule has 0 aliphatic heterocycles.